The van der Waals surface area contributed by atoms with Crippen LogP contribution in [-0.2, 0) is 0 Å². The number of benzene rings is 1. The molecule has 0 radical (unpaired) electrons. The van der Waals surface area contributed by atoms with E-state index >= 15 is 0 Å². The Morgan fingerprint density at radius 3 is 2.29 bits per heavy atom. The van der Waals surface area contributed by atoms with Gasteiger partial charge in [-0.3, -0.25) is 0 Å². The van der Waals surface area contributed by atoms with Crippen molar-refractivity contribution in [3.63, 3.8) is 0 Å². The summed E-state index contributed by atoms with van der Waals surface area (Å²) < 4.78 is 40.8. The molecule has 0 bridgehead atoms. The third kappa shape index (κ3) is 6.15. The van der Waals surface area contributed by atoms with Gasteiger partial charge in [0, 0.05) is 0 Å². The van der Waals surface area contributed by atoms with Crippen molar-refractivity contribution in [2.75, 3.05) is 0 Å². The molecule has 0 aliphatic heterocycles. The number of ether oxygens (including phenoxy) is 1. The molecule has 2 aliphatic carbocycles. The Balaban J connectivity index is 1.48. The zero-order valence-corrected chi connectivity index (χ0v) is 16.7. The van der Waals surface area contributed by atoms with Gasteiger partial charge in [-0.25, -0.2) is 0 Å². The van der Waals surface area contributed by atoms with Crippen LogP contribution in [0.5, 0.6) is 5.75 Å². The fraction of sp³-hybridized carbons (Fsp3) is 0.583. The van der Waals surface area contributed by atoms with E-state index in [2.05, 4.69) is 29.9 Å². The zero-order valence-electron chi connectivity index (χ0n) is 16.7. The Labute approximate surface area is 166 Å². The van der Waals surface area contributed by atoms with Crippen LogP contribution in [0.25, 0.3) is 5.57 Å². The van der Waals surface area contributed by atoms with Crippen LogP contribution < -0.4 is 4.74 Å². The van der Waals surface area contributed by atoms with E-state index < -0.39 is 6.36 Å². The average molecular weight is 393 g/mol. The van der Waals surface area contributed by atoms with Gasteiger partial charge in [0.05, 0.1) is 0 Å². The molecule has 3 rings (SSSR count). The van der Waals surface area contributed by atoms with Crippen LogP contribution in [0, 0.1) is 17.8 Å². The number of allylic oxidation sites excluding steroid dienone is 4. The van der Waals surface area contributed by atoms with Gasteiger partial charge in [0.1, 0.15) is 5.75 Å². The van der Waals surface area contributed by atoms with E-state index in [0.717, 1.165) is 36.2 Å². The molecule has 0 amide bonds. The summed E-state index contributed by atoms with van der Waals surface area (Å²) in [7, 11) is 0. The molecule has 2 aliphatic rings. The summed E-state index contributed by atoms with van der Waals surface area (Å²) in [6, 6.07) is 6.29. The van der Waals surface area contributed by atoms with Crippen molar-refractivity contribution < 1.29 is 17.9 Å². The molecule has 1 aromatic carbocycles. The van der Waals surface area contributed by atoms with E-state index in [1.165, 1.54) is 62.7 Å². The maximum absolute atomic E-state index is 12.3. The summed E-state index contributed by atoms with van der Waals surface area (Å²) in [5.41, 5.74) is 2.27. The summed E-state index contributed by atoms with van der Waals surface area (Å²) in [5.74, 6) is 2.36. The second kappa shape index (κ2) is 9.67. The highest BCUT2D eigenvalue weighted by Crippen LogP contribution is 2.42. The van der Waals surface area contributed by atoms with Crippen LogP contribution >= 0.6 is 0 Å². The van der Waals surface area contributed by atoms with E-state index in [1.807, 2.05) is 0 Å². The van der Waals surface area contributed by atoms with Crippen LogP contribution in [-0.4, -0.2) is 6.36 Å². The Hall–Kier alpha value is -1.71. The van der Waals surface area contributed by atoms with Crippen LogP contribution in [0.2, 0.25) is 0 Å². The third-order valence-corrected chi connectivity index (χ3v) is 6.45. The number of alkyl halides is 3. The standard InChI is InChI=1S/C24H31F3O/c1-2-3-4-5-18-6-8-19(9-7-18)20-10-12-21(13-11-20)22-14-16-23(17-15-22)28-24(25,26)27/h2-3,12,14-20H,4-11,13H2,1H3/b3-2+. The number of rotatable bonds is 6. The fourth-order valence-corrected chi connectivity index (χ4v) is 4.86. The molecule has 0 aromatic heterocycles. The topological polar surface area (TPSA) is 9.23 Å². The summed E-state index contributed by atoms with van der Waals surface area (Å²) in [4.78, 5) is 0. The molecule has 1 fully saturated rings. The summed E-state index contributed by atoms with van der Waals surface area (Å²) >= 11 is 0. The van der Waals surface area contributed by atoms with Crippen molar-refractivity contribution >= 4 is 5.57 Å². The van der Waals surface area contributed by atoms with E-state index in [9.17, 15) is 13.2 Å². The van der Waals surface area contributed by atoms with Crippen molar-refractivity contribution in [3.05, 3.63) is 48.1 Å². The maximum Gasteiger partial charge on any atom is 0.573 e. The first-order valence-electron chi connectivity index (χ1n) is 10.6. The summed E-state index contributed by atoms with van der Waals surface area (Å²) in [6.07, 6.45) is 13.4. The molecule has 0 saturated heterocycles. The lowest BCUT2D eigenvalue weighted by Gasteiger charge is -2.35. The lowest BCUT2D eigenvalue weighted by molar-refractivity contribution is -0.274. The molecule has 28 heavy (non-hydrogen) atoms. The molecule has 1 atom stereocenters. The molecule has 154 valence electrons. The van der Waals surface area contributed by atoms with Gasteiger partial charge in [0.2, 0.25) is 0 Å². The lowest BCUT2D eigenvalue weighted by Crippen LogP contribution is -2.23. The van der Waals surface area contributed by atoms with E-state index in [1.54, 1.807) is 12.1 Å². The highest BCUT2D eigenvalue weighted by Gasteiger charge is 2.31. The highest BCUT2D eigenvalue weighted by molar-refractivity contribution is 5.66. The minimum atomic E-state index is -4.63. The van der Waals surface area contributed by atoms with Crippen molar-refractivity contribution in [3.8, 4) is 5.75 Å². The van der Waals surface area contributed by atoms with Gasteiger partial charge < -0.3 is 4.74 Å². The van der Waals surface area contributed by atoms with Gasteiger partial charge in [-0.15, -0.1) is 13.2 Å². The minimum absolute atomic E-state index is 0.156. The minimum Gasteiger partial charge on any atom is -0.406 e. The first-order chi connectivity index (χ1) is 13.4. The fourth-order valence-electron chi connectivity index (χ4n) is 4.86. The van der Waals surface area contributed by atoms with Crippen LogP contribution in [0.4, 0.5) is 13.2 Å². The van der Waals surface area contributed by atoms with Gasteiger partial charge in [0.25, 0.3) is 0 Å². The van der Waals surface area contributed by atoms with Crippen molar-refractivity contribution in [1.29, 1.82) is 0 Å². The monoisotopic (exact) mass is 392 g/mol. The predicted molar refractivity (Wildman–Crippen MR) is 108 cm³/mol. The van der Waals surface area contributed by atoms with Crippen molar-refractivity contribution in [2.24, 2.45) is 17.8 Å². The van der Waals surface area contributed by atoms with Gasteiger partial charge in [0.15, 0.2) is 0 Å². The van der Waals surface area contributed by atoms with Gasteiger partial charge in [-0.2, -0.15) is 0 Å². The molecule has 0 spiro atoms. The van der Waals surface area contributed by atoms with Crippen molar-refractivity contribution in [2.45, 2.75) is 71.1 Å². The second-order valence-electron chi connectivity index (χ2n) is 8.26. The molecule has 1 aromatic rings. The molecule has 1 saturated carbocycles. The van der Waals surface area contributed by atoms with Crippen molar-refractivity contribution in [1.82, 2.24) is 0 Å². The maximum atomic E-state index is 12.3. The third-order valence-electron chi connectivity index (χ3n) is 6.45. The first kappa shape index (κ1) is 21.0. The Kier molecular flexibility index (Phi) is 7.25. The van der Waals surface area contributed by atoms with Crippen LogP contribution in [0.15, 0.2) is 42.5 Å². The molecule has 1 nitrogen and oxygen atoms in total. The Bertz CT molecular complexity index is 664. The van der Waals surface area contributed by atoms with Gasteiger partial charge in [-0.05, 0) is 92.9 Å². The summed E-state index contributed by atoms with van der Waals surface area (Å²) in [5, 5.41) is 0. The summed E-state index contributed by atoms with van der Waals surface area (Å²) in [6.45, 7) is 2.09. The highest BCUT2D eigenvalue weighted by atomic mass is 19.4. The van der Waals surface area contributed by atoms with E-state index in [-0.39, 0.29) is 5.75 Å². The van der Waals surface area contributed by atoms with Crippen LogP contribution in [0.3, 0.4) is 0 Å². The number of hydrogen-bond acceptors (Lipinski definition) is 1. The molecule has 0 heterocycles. The van der Waals surface area contributed by atoms with E-state index in [4.69, 9.17) is 0 Å². The van der Waals surface area contributed by atoms with E-state index in [0.29, 0.717) is 0 Å². The number of halogens is 3. The molecule has 1 unspecified atom stereocenters. The zero-order chi connectivity index (χ0) is 20.0. The Morgan fingerprint density at radius 1 is 1.00 bits per heavy atom. The average Bonchev–Trinajstić information content (AvgIpc) is 2.68. The molecular weight excluding hydrogens is 361 g/mol. The molecule has 0 N–H and O–H groups in total. The SMILES string of the molecule is C/C=C/CCC1CCC(C2CC=C(c3ccc(OC(F)(F)F)cc3)CC2)CC1. The molecular formula is C24H31F3O. The lowest BCUT2D eigenvalue weighted by atomic mass is 9.70. The Morgan fingerprint density at radius 2 is 1.71 bits per heavy atom. The first-order valence-corrected chi connectivity index (χ1v) is 10.6. The number of hydrogen-bond donors (Lipinski definition) is 0. The second-order valence-corrected chi connectivity index (χ2v) is 8.26. The largest absolute Gasteiger partial charge is 0.573 e. The molecule has 4 heteroatoms. The predicted octanol–water partition coefficient (Wildman–Crippen LogP) is 7.93. The quantitative estimate of drug-likeness (QED) is 0.447. The van der Waals surface area contributed by atoms with Gasteiger partial charge >= 0.3 is 6.36 Å². The smallest absolute Gasteiger partial charge is 0.406 e. The van der Waals surface area contributed by atoms with Crippen LogP contribution in [0.1, 0.15) is 70.3 Å². The van der Waals surface area contributed by atoms with Gasteiger partial charge in [-0.1, -0.05) is 43.2 Å². The normalized spacial score (nSPS) is 26.3.